The average molecular weight is 393 g/mol. The highest BCUT2D eigenvalue weighted by Crippen LogP contribution is 2.38. The van der Waals surface area contributed by atoms with Crippen LogP contribution < -0.4 is 5.32 Å². The Labute approximate surface area is 173 Å². The molecule has 1 N–H and O–H groups in total. The van der Waals surface area contributed by atoms with E-state index in [9.17, 15) is 4.79 Å². The summed E-state index contributed by atoms with van der Waals surface area (Å²) in [4.78, 5) is 20.6. The van der Waals surface area contributed by atoms with Crippen molar-refractivity contribution in [1.29, 1.82) is 0 Å². The molecule has 1 aliphatic carbocycles. The van der Waals surface area contributed by atoms with E-state index in [4.69, 9.17) is 4.98 Å². The molecular formula is C24H32N4O. The minimum Gasteiger partial charge on any atom is -0.331 e. The smallest absolute Gasteiger partial charge is 0.240 e. The van der Waals surface area contributed by atoms with Gasteiger partial charge in [-0.1, -0.05) is 62.4 Å². The molecule has 5 heteroatoms. The van der Waals surface area contributed by atoms with E-state index in [-0.39, 0.29) is 12.1 Å². The Morgan fingerprint density at radius 1 is 1.03 bits per heavy atom. The number of amides is 1. The van der Waals surface area contributed by atoms with Gasteiger partial charge in [0, 0.05) is 24.8 Å². The molecule has 2 aliphatic heterocycles. The molecule has 5 rings (SSSR count). The van der Waals surface area contributed by atoms with Gasteiger partial charge >= 0.3 is 0 Å². The molecule has 0 bridgehead atoms. The number of carbonyl (C=O) groups is 1. The maximum Gasteiger partial charge on any atom is 0.240 e. The molecular weight excluding hydrogens is 360 g/mol. The summed E-state index contributed by atoms with van der Waals surface area (Å²) in [5, 5.41) is 3.41. The van der Waals surface area contributed by atoms with E-state index in [0.717, 1.165) is 56.0 Å². The third-order valence-corrected chi connectivity index (χ3v) is 7.06. The fourth-order valence-electron chi connectivity index (χ4n) is 5.46. The lowest BCUT2D eigenvalue weighted by Crippen LogP contribution is -2.49. The van der Waals surface area contributed by atoms with E-state index < -0.39 is 0 Å². The van der Waals surface area contributed by atoms with Gasteiger partial charge in [-0.2, -0.15) is 0 Å². The number of nitrogens with zero attached hydrogens (tertiary/aromatic N) is 3. The quantitative estimate of drug-likeness (QED) is 0.850. The van der Waals surface area contributed by atoms with Crippen LogP contribution in [0, 0.1) is 5.92 Å². The minimum atomic E-state index is -0.000961. The summed E-state index contributed by atoms with van der Waals surface area (Å²) in [6, 6.07) is 10.5. The summed E-state index contributed by atoms with van der Waals surface area (Å²) in [7, 11) is 0. The molecule has 1 saturated heterocycles. The van der Waals surface area contributed by atoms with Gasteiger partial charge in [0.25, 0.3) is 0 Å². The fourth-order valence-corrected chi connectivity index (χ4v) is 5.46. The van der Waals surface area contributed by atoms with Gasteiger partial charge in [-0.25, -0.2) is 4.98 Å². The molecule has 2 atom stereocenters. The Morgan fingerprint density at radius 3 is 2.62 bits per heavy atom. The molecule has 3 heterocycles. The van der Waals surface area contributed by atoms with E-state index in [1.807, 2.05) is 6.07 Å². The Balaban J connectivity index is 1.46. The van der Waals surface area contributed by atoms with Gasteiger partial charge in [0.15, 0.2) is 0 Å². The fraction of sp³-hybridized carbons (Fsp3) is 0.583. The standard InChI is InChI=1S/C24H32N4O/c29-24(20-12-7-13-25-20)28-15-14-27-17-21(19-10-5-2-6-11-19)26-23(27)22(28)16-18-8-3-1-4-9-18/h2,5-6,10-11,17-18,20,22,25H,1,3-4,7-9,12-16H2/t20-,22-/m0/s1. The van der Waals surface area contributed by atoms with E-state index in [2.05, 4.69) is 45.2 Å². The van der Waals surface area contributed by atoms with Crippen LogP contribution in [0.2, 0.25) is 0 Å². The van der Waals surface area contributed by atoms with Crippen molar-refractivity contribution in [3.05, 3.63) is 42.4 Å². The number of aromatic nitrogens is 2. The van der Waals surface area contributed by atoms with Crippen molar-refractivity contribution in [2.75, 3.05) is 13.1 Å². The second-order valence-corrected chi connectivity index (χ2v) is 8.98. The Morgan fingerprint density at radius 2 is 1.86 bits per heavy atom. The zero-order chi connectivity index (χ0) is 19.6. The van der Waals surface area contributed by atoms with Gasteiger partial charge in [-0.05, 0) is 31.7 Å². The van der Waals surface area contributed by atoms with E-state index >= 15 is 0 Å². The molecule has 154 valence electrons. The molecule has 5 nitrogen and oxygen atoms in total. The van der Waals surface area contributed by atoms with Gasteiger partial charge in [-0.15, -0.1) is 0 Å². The van der Waals surface area contributed by atoms with E-state index in [1.54, 1.807) is 0 Å². The van der Waals surface area contributed by atoms with Crippen LogP contribution in [-0.4, -0.2) is 39.5 Å². The first-order chi connectivity index (χ1) is 14.3. The van der Waals surface area contributed by atoms with E-state index in [0.29, 0.717) is 11.8 Å². The van der Waals surface area contributed by atoms with Gasteiger partial charge in [0.1, 0.15) is 5.82 Å². The van der Waals surface area contributed by atoms with Crippen LogP contribution in [0.15, 0.2) is 36.5 Å². The zero-order valence-corrected chi connectivity index (χ0v) is 17.2. The summed E-state index contributed by atoms with van der Waals surface area (Å²) >= 11 is 0. The molecule has 0 radical (unpaired) electrons. The number of imidazole rings is 1. The first kappa shape index (κ1) is 18.9. The van der Waals surface area contributed by atoms with Crippen LogP contribution in [0.1, 0.15) is 63.2 Å². The Bertz CT molecular complexity index is 834. The summed E-state index contributed by atoms with van der Waals surface area (Å²) in [5.41, 5.74) is 2.18. The van der Waals surface area contributed by atoms with Crippen LogP contribution in [0.5, 0.6) is 0 Å². The molecule has 1 aromatic carbocycles. The van der Waals surface area contributed by atoms with Crippen LogP contribution in [-0.2, 0) is 11.3 Å². The topological polar surface area (TPSA) is 50.2 Å². The summed E-state index contributed by atoms with van der Waals surface area (Å²) < 4.78 is 2.31. The number of rotatable bonds is 4. The first-order valence-electron chi connectivity index (χ1n) is 11.5. The average Bonchev–Trinajstić information content (AvgIpc) is 3.45. The van der Waals surface area contributed by atoms with Crippen LogP contribution in [0.3, 0.4) is 0 Å². The third-order valence-electron chi connectivity index (χ3n) is 7.06. The van der Waals surface area contributed by atoms with Crippen molar-refractivity contribution in [3.8, 4) is 11.3 Å². The number of nitrogens with one attached hydrogen (secondary N) is 1. The number of benzene rings is 1. The molecule has 0 spiro atoms. The molecule has 1 saturated carbocycles. The predicted molar refractivity (Wildman–Crippen MR) is 114 cm³/mol. The maximum absolute atomic E-state index is 13.4. The van der Waals surface area contributed by atoms with Gasteiger partial charge in [0.05, 0.1) is 17.8 Å². The van der Waals surface area contributed by atoms with Crippen molar-refractivity contribution in [1.82, 2.24) is 19.8 Å². The monoisotopic (exact) mass is 392 g/mol. The largest absolute Gasteiger partial charge is 0.331 e. The molecule has 29 heavy (non-hydrogen) atoms. The second-order valence-electron chi connectivity index (χ2n) is 8.98. The van der Waals surface area contributed by atoms with Crippen molar-refractivity contribution in [2.24, 2.45) is 5.92 Å². The van der Waals surface area contributed by atoms with E-state index in [1.165, 1.54) is 32.1 Å². The Kier molecular flexibility index (Phi) is 5.40. The lowest BCUT2D eigenvalue weighted by molar-refractivity contribution is -0.137. The van der Waals surface area contributed by atoms with Gasteiger partial charge in [-0.3, -0.25) is 4.79 Å². The number of carbonyl (C=O) groups excluding carboxylic acids is 1. The number of hydrogen-bond acceptors (Lipinski definition) is 3. The maximum atomic E-state index is 13.4. The molecule has 2 aromatic rings. The predicted octanol–water partition coefficient (Wildman–Crippen LogP) is 4.16. The Hall–Kier alpha value is -2.14. The SMILES string of the molecule is O=C([C@@H]1CCCN1)N1CCn2cc(-c3ccccc3)nc2[C@@H]1CC1CCCCC1. The number of hydrogen-bond donors (Lipinski definition) is 1. The van der Waals surface area contributed by atoms with Crippen molar-refractivity contribution < 1.29 is 4.79 Å². The molecule has 2 fully saturated rings. The molecule has 1 amide bonds. The summed E-state index contributed by atoms with van der Waals surface area (Å²) in [6.45, 7) is 2.60. The highest BCUT2D eigenvalue weighted by molar-refractivity contribution is 5.82. The van der Waals surface area contributed by atoms with Gasteiger partial charge in [0.2, 0.25) is 5.91 Å². The number of fused-ring (bicyclic) bond motifs is 1. The highest BCUT2D eigenvalue weighted by atomic mass is 16.2. The lowest BCUT2D eigenvalue weighted by Gasteiger charge is -2.39. The zero-order valence-electron chi connectivity index (χ0n) is 17.2. The molecule has 0 unspecified atom stereocenters. The highest BCUT2D eigenvalue weighted by Gasteiger charge is 2.38. The van der Waals surface area contributed by atoms with Crippen molar-refractivity contribution >= 4 is 5.91 Å². The van der Waals surface area contributed by atoms with Crippen LogP contribution in [0.25, 0.3) is 11.3 Å². The van der Waals surface area contributed by atoms with Crippen molar-refractivity contribution in [3.63, 3.8) is 0 Å². The van der Waals surface area contributed by atoms with Gasteiger partial charge < -0.3 is 14.8 Å². The molecule has 3 aliphatic rings. The van der Waals surface area contributed by atoms with Crippen molar-refractivity contribution in [2.45, 2.75) is 70.0 Å². The first-order valence-corrected chi connectivity index (χ1v) is 11.5. The second kappa shape index (κ2) is 8.31. The van der Waals surface area contributed by atoms with Crippen LogP contribution >= 0.6 is 0 Å². The summed E-state index contributed by atoms with van der Waals surface area (Å²) in [5.74, 6) is 2.09. The minimum absolute atomic E-state index is 0.000961. The normalized spacial score (nSPS) is 25.2. The molecule has 1 aromatic heterocycles. The van der Waals surface area contributed by atoms with Crippen LogP contribution in [0.4, 0.5) is 0 Å². The third kappa shape index (κ3) is 3.85. The summed E-state index contributed by atoms with van der Waals surface area (Å²) in [6.07, 6.45) is 11.9. The lowest BCUT2D eigenvalue weighted by atomic mass is 9.84.